The van der Waals surface area contributed by atoms with Crippen molar-refractivity contribution in [2.45, 2.75) is 37.6 Å². The molecule has 1 N–H and O–H groups in total. The fourth-order valence-electron chi connectivity index (χ4n) is 4.64. The number of benzene rings is 1. The standard InChI is InChI=1S/C21H29Cl2N3O/c1-24-20-13-26(12-17(20)16-4-5-18(22)19(23)10-16)21(27)15-6-8-25(9-7-15)11-14-2-3-14/h4-5,10,14-15,17,20,24H,2-3,6-9,11-13H2,1H3. The molecule has 148 valence electrons. The smallest absolute Gasteiger partial charge is 0.225 e. The maximum absolute atomic E-state index is 13.1. The Bertz CT molecular complexity index is 686. The maximum atomic E-state index is 13.1. The molecule has 6 heteroatoms. The molecule has 2 aliphatic heterocycles. The van der Waals surface area contributed by atoms with E-state index in [1.165, 1.54) is 19.4 Å². The lowest BCUT2D eigenvalue weighted by Gasteiger charge is -2.33. The van der Waals surface area contributed by atoms with Gasteiger partial charge in [0, 0.05) is 37.5 Å². The van der Waals surface area contributed by atoms with Gasteiger partial charge in [-0.2, -0.15) is 0 Å². The van der Waals surface area contributed by atoms with Crippen molar-refractivity contribution >= 4 is 29.1 Å². The molecular weight excluding hydrogens is 381 g/mol. The van der Waals surface area contributed by atoms with Crippen LogP contribution < -0.4 is 5.32 Å². The van der Waals surface area contributed by atoms with Crippen molar-refractivity contribution in [2.75, 3.05) is 39.8 Å². The Labute approximate surface area is 172 Å². The van der Waals surface area contributed by atoms with Crippen LogP contribution >= 0.6 is 23.2 Å². The van der Waals surface area contributed by atoms with Gasteiger partial charge in [-0.05, 0) is 69.4 Å². The van der Waals surface area contributed by atoms with E-state index in [1.807, 2.05) is 25.2 Å². The molecule has 2 unspecified atom stereocenters. The average Bonchev–Trinajstić information content (AvgIpc) is 3.39. The van der Waals surface area contributed by atoms with Crippen LogP contribution in [0.15, 0.2) is 18.2 Å². The molecule has 0 bridgehead atoms. The number of amides is 1. The van der Waals surface area contributed by atoms with Crippen molar-refractivity contribution in [1.82, 2.24) is 15.1 Å². The second-order valence-electron chi connectivity index (χ2n) is 8.44. The molecule has 4 rings (SSSR count). The van der Waals surface area contributed by atoms with E-state index < -0.39 is 0 Å². The quantitative estimate of drug-likeness (QED) is 0.806. The number of halogens is 2. The fraction of sp³-hybridized carbons (Fsp3) is 0.667. The first-order valence-corrected chi connectivity index (χ1v) is 10.9. The maximum Gasteiger partial charge on any atom is 0.225 e. The molecule has 3 aliphatic rings. The van der Waals surface area contributed by atoms with Crippen LogP contribution in [0.2, 0.25) is 10.0 Å². The minimum Gasteiger partial charge on any atom is -0.340 e. The first kappa shape index (κ1) is 19.5. The summed E-state index contributed by atoms with van der Waals surface area (Å²) < 4.78 is 0. The Balaban J connectivity index is 1.37. The van der Waals surface area contributed by atoms with Crippen LogP contribution in [0, 0.1) is 11.8 Å². The molecule has 4 nitrogen and oxygen atoms in total. The lowest BCUT2D eigenvalue weighted by molar-refractivity contribution is -0.136. The van der Waals surface area contributed by atoms with E-state index in [9.17, 15) is 4.79 Å². The van der Waals surface area contributed by atoms with E-state index >= 15 is 0 Å². The minimum absolute atomic E-state index is 0.186. The van der Waals surface area contributed by atoms with Gasteiger partial charge in [-0.25, -0.2) is 0 Å². The highest BCUT2D eigenvalue weighted by atomic mass is 35.5. The van der Waals surface area contributed by atoms with Gasteiger partial charge in [0.1, 0.15) is 0 Å². The molecule has 0 aromatic heterocycles. The summed E-state index contributed by atoms with van der Waals surface area (Å²) in [5.41, 5.74) is 1.15. The number of carbonyl (C=O) groups is 1. The van der Waals surface area contributed by atoms with Crippen molar-refractivity contribution in [3.63, 3.8) is 0 Å². The zero-order valence-electron chi connectivity index (χ0n) is 16.0. The number of hydrogen-bond donors (Lipinski definition) is 1. The van der Waals surface area contributed by atoms with Gasteiger partial charge in [0.15, 0.2) is 0 Å². The largest absolute Gasteiger partial charge is 0.340 e. The molecule has 1 amide bonds. The summed E-state index contributed by atoms with van der Waals surface area (Å²) in [6.45, 7) is 4.91. The van der Waals surface area contributed by atoms with Crippen LogP contribution in [0.1, 0.15) is 37.2 Å². The van der Waals surface area contributed by atoms with Crippen LogP contribution in [0.25, 0.3) is 0 Å². The molecule has 1 saturated carbocycles. The average molecular weight is 410 g/mol. The number of likely N-dealkylation sites (N-methyl/N-ethyl adjacent to an activating group) is 1. The fourth-order valence-corrected chi connectivity index (χ4v) is 4.95. The SMILES string of the molecule is CNC1CN(C(=O)C2CCN(CC3CC3)CC2)CC1c1ccc(Cl)c(Cl)c1. The Morgan fingerprint density at radius 3 is 2.48 bits per heavy atom. The summed E-state index contributed by atoms with van der Waals surface area (Å²) in [6, 6.07) is 6.09. The van der Waals surface area contributed by atoms with Gasteiger partial charge in [-0.3, -0.25) is 4.79 Å². The molecule has 0 spiro atoms. The van der Waals surface area contributed by atoms with Gasteiger partial charge >= 0.3 is 0 Å². The van der Waals surface area contributed by atoms with Crippen LogP contribution in [0.4, 0.5) is 0 Å². The summed E-state index contributed by atoms with van der Waals surface area (Å²) in [5.74, 6) is 1.71. The van der Waals surface area contributed by atoms with Crippen molar-refractivity contribution in [3.8, 4) is 0 Å². The molecule has 27 heavy (non-hydrogen) atoms. The molecule has 3 fully saturated rings. The van der Waals surface area contributed by atoms with Crippen LogP contribution in [-0.2, 0) is 4.79 Å². The second-order valence-corrected chi connectivity index (χ2v) is 9.25. The monoisotopic (exact) mass is 409 g/mol. The molecule has 1 aromatic rings. The van der Waals surface area contributed by atoms with E-state index in [4.69, 9.17) is 23.2 Å². The normalized spacial score (nSPS) is 27.3. The van der Waals surface area contributed by atoms with Gasteiger partial charge in [0.2, 0.25) is 5.91 Å². The summed E-state index contributed by atoms with van der Waals surface area (Å²) in [6.07, 6.45) is 4.80. The molecule has 2 atom stereocenters. The third-order valence-corrected chi connectivity index (χ3v) is 7.26. The predicted octanol–water partition coefficient (Wildman–Crippen LogP) is 3.63. The third kappa shape index (κ3) is 4.45. The van der Waals surface area contributed by atoms with Crippen molar-refractivity contribution < 1.29 is 4.79 Å². The Kier molecular flexibility index (Phi) is 5.98. The van der Waals surface area contributed by atoms with Crippen molar-refractivity contribution in [3.05, 3.63) is 33.8 Å². The van der Waals surface area contributed by atoms with Gasteiger partial charge in [-0.1, -0.05) is 29.3 Å². The van der Waals surface area contributed by atoms with E-state index in [0.29, 0.717) is 16.0 Å². The highest BCUT2D eigenvalue weighted by molar-refractivity contribution is 6.42. The highest BCUT2D eigenvalue weighted by Crippen LogP contribution is 2.34. The lowest BCUT2D eigenvalue weighted by Crippen LogP contribution is -2.43. The zero-order valence-corrected chi connectivity index (χ0v) is 17.5. The summed E-state index contributed by atoms with van der Waals surface area (Å²) in [4.78, 5) is 17.8. The van der Waals surface area contributed by atoms with E-state index in [0.717, 1.165) is 50.5 Å². The van der Waals surface area contributed by atoms with Crippen molar-refractivity contribution in [2.24, 2.45) is 11.8 Å². The number of likely N-dealkylation sites (tertiary alicyclic amines) is 2. The Morgan fingerprint density at radius 1 is 1.11 bits per heavy atom. The van der Waals surface area contributed by atoms with Gasteiger partial charge in [0.05, 0.1) is 10.0 Å². The number of piperidine rings is 1. The Hall–Kier alpha value is -0.810. The number of nitrogens with zero attached hydrogens (tertiary/aromatic N) is 2. The first-order valence-electron chi connectivity index (χ1n) is 10.2. The van der Waals surface area contributed by atoms with Gasteiger partial charge < -0.3 is 15.1 Å². The molecule has 0 radical (unpaired) electrons. The third-order valence-electron chi connectivity index (χ3n) is 6.52. The van der Waals surface area contributed by atoms with Crippen molar-refractivity contribution in [1.29, 1.82) is 0 Å². The summed E-state index contributed by atoms with van der Waals surface area (Å²) >= 11 is 12.3. The van der Waals surface area contributed by atoms with E-state index in [1.54, 1.807) is 0 Å². The molecular formula is C21H29Cl2N3O. The zero-order chi connectivity index (χ0) is 19.0. The van der Waals surface area contributed by atoms with Gasteiger partial charge in [0.25, 0.3) is 0 Å². The van der Waals surface area contributed by atoms with Gasteiger partial charge in [-0.15, -0.1) is 0 Å². The molecule has 1 aromatic carbocycles. The highest BCUT2D eigenvalue weighted by Gasteiger charge is 2.38. The number of hydrogen-bond acceptors (Lipinski definition) is 3. The summed E-state index contributed by atoms with van der Waals surface area (Å²) in [7, 11) is 1.97. The lowest BCUT2D eigenvalue weighted by atomic mass is 9.94. The second kappa shape index (κ2) is 8.28. The van der Waals surface area contributed by atoms with E-state index in [2.05, 4.69) is 15.1 Å². The Morgan fingerprint density at radius 2 is 1.85 bits per heavy atom. The number of nitrogens with one attached hydrogen (secondary N) is 1. The van der Waals surface area contributed by atoms with Crippen LogP contribution in [0.3, 0.4) is 0 Å². The first-order chi connectivity index (χ1) is 13.0. The molecule has 2 saturated heterocycles. The van der Waals surface area contributed by atoms with Crippen LogP contribution in [0.5, 0.6) is 0 Å². The summed E-state index contributed by atoms with van der Waals surface area (Å²) in [5, 5.41) is 4.55. The topological polar surface area (TPSA) is 35.6 Å². The molecule has 2 heterocycles. The van der Waals surface area contributed by atoms with E-state index in [-0.39, 0.29) is 17.9 Å². The molecule has 1 aliphatic carbocycles. The predicted molar refractivity (Wildman–Crippen MR) is 111 cm³/mol. The number of rotatable bonds is 5. The minimum atomic E-state index is 0.186. The number of carbonyl (C=O) groups excluding carboxylic acids is 1. The van der Waals surface area contributed by atoms with Crippen LogP contribution in [-0.4, -0.2) is 61.5 Å².